The number of aryl methyl sites for hydroxylation is 1. The van der Waals surface area contributed by atoms with Gasteiger partial charge in [-0.15, -0.1) is 0 Å². The minimum absolute atomic E-state index is 0.541. The lowest BCUT2D eigenvalue weighted by atomic mass is 9.83. The molecular weight excluding hydrogens is 250 g/mol. The van der Waals surface area contributed by atoms with E-state index in [-0.39, 0.29) is 0 Å². The molecule has 5 heteroatoms. The number of piperidine rings is 1. The quantitative estimate of drug-likeness (QED) is 0.879. The number of nitrogens with one attached hydrogen (secondary N) is 1. The highest BCUT2D eigenvalue weighted by molar-refractivity contribution is 4.99. The van der Waals surface area contributed by atoms with E-state index >= 15 is 0 Å². The van der Waals surface area contributed by atoms with Crippen molar-refractivity contribution in [2.75, 3.05) is 13.6 Å². The van der Waals surface area contributed by atoms with Crippen molar-refractivity contribution in [3.05, 3.63) is 12.2 Å². The fourth-order valence-corrected chi connectivity index (χ4v) is 4.15. The molecule has 0 radical (unpaired) electrons. The maximum Gasteiger partial charge on any atom is 0.138 e. The predicted octanol–water partition coefficient (Wildman–Crippen LogP) is 1.21. The Hall–Kier alpha value is -0.940. The van der Waals surface area contributed by atoms with Gasteiger partial charge in [-0.1, -0.05) is 6.92 Å². The number of rotatable bonds is 5. The molecule has 0 saturated carbocycles. The highest BCUT2D eigenvalue weighted by Crippen LogP contribution is 2.39. The van der Waals surface area contributed by atoms with Crippen molar-refractivity contribution in [3.8, 4) is 0 Å². The third-order valence-electron chi connectivity index (χ3n) is 5.38. The number of fused-ring (bicyclic) bond motifs is 2. The Balaban J connectivity index is 1.69. The second-order valence-corrected chi connectivity index (χ2v) is 6.45. The van der Waals surface area contributed by atoms with Gasteiger partial charge < -0.3 is 10.2 Å². The second kappa shape index (κ2) is 5.82. The minimum Gasteiger partial charge on any atom is -0.314 e. The SMILES string of the molecule is CCNC(Cc1ncnn1C)C1CC2CCC(C1)N2C. The predicted molar refractivity (Wildman–Crippen MR) is 79.5 cm³/mol. The summed E-state index contributed by atoms with van der Waals surface area (Å²) in [5.74, 6) is 1.88. The van der Waals surface area contributed by atoms with E-state index in [9.17, 15) is 0 Å². The van der Waals surface area contributed by atoms with Gasteiger partial charge in [0, 0.05) is 31.6 Å². The van der Waals surface area contributed by atoms with Gasteiger partial charge in [0.15, 0.2) is 0 Å². The molecule has 0 aromatic carbocycles. The zero-order valence-electron chi connectivity index (χ0n) is 12.9. The van der Waals surface area contributed by atoms with E-state index in [4.69, 9.17) is 0 Å². The first-order valence-electron chi connectivity index (χ1n) is 7.97. The highest BCUT2D eigenvalue weighted by atomic mass is 15.3. The van der Waals surface area contributed by atoms with E-state index in [1.807, 2.05) is 11.7 Å². The Kier molecular flexibility index (Phi) is 4.08. The lowest BCUT2D eigenvalue weighted by molar-refractivity contribution is 0.112. The van der Waals surface area contributed by atoms with Gasteiger partial charge >= 0.3 is 0 Å². The fraction of sp³-hybridized carbons (Fsp3) is 0.867. The Morgan fingerprint density at radius 3 is 2.55 bits per heavy atom. The maximum atomic E-state index is 4.40. The number of aromatic nitrogens is 3. The number of hydrogen-bond donors (Lipinski definition) is 1. The molecule has 1 N–H and O–H groups in total. The van der Waals surface area contributed by atoms with Crippen LogP contribution in [0.15, 0.2) is 6.33 Å². The summed E-state index contributed by atoms with van der Waals surface area (Å²) in [6, 6.07) is 2.15. The van der Waals surface area contributed by atoms with Crippen molar-refractivity contribution in [1.29, 1.82) is 0 Å². The van der Waals surface area contributed by atoms with Crippen molar-refractivity contribution >= 4 is 0 Å². The normalized spacial score (nSPS) is 31.6. The molecule has 0 spiro atoms. The Morgan fingerprint density at radius 1 is 1.30 bits per heavy atom. The lowest BCUT2D eigenvalue weighted by Crippen LogP contribution is -2.48. The largest absolute Gasteiger partial charge is 0.314 e. The number of likely N-dealkylation sites (N-methyl/N-ethyl adjacent to an activating group) is 1. The molecule has 2 aliphatic rings. The Labute approximate surface area is 121 Å². The Bertz CT molecular complexity index is 429. The van der Waals surface area contributed by atoms with Crippen LogP contribution in [0.5, 0.6) is 0 Å². The molecule has 3 atom stereocenters. The summed E-state index contributed by atoms with van der Waals surface area (Å²) >= 11 is 0. The average Bonchev–Trinajstić information content (AvgIpc) is 2.89. The van der Waals surface area contributed by atoms with Crippen molar-refractivity contribution in [3.63, 3.8) is 0 Å². The first kappa shape index (κ1) is 14.0. The zero-order valence-corrected chi connectivity index (χ0v) is 12.9. The van der Waals surface area contributed by atoms with Crippen LogP contribution < -0.4 is 5.32 Å². The van der Waals surface area contributed by atoms with Crippen LogP contribution in [0.3, 0.4) is 0 Å². The van der Waals surface area contributed by atoms with Crippen molar-refractivity contribution in [1.82, 2.24) is 25.0 Å². The van der Waals surface area contributed by atoms with Crippen LogP contribution >= 0.6 is 0 Å². The van der Waals surface area contributed by atoms with Crippen LogP contribution in [0.4, 0.5) is 0 Å². The number of hydrogen-bond acceptors (Lipinski definition) is 4. The van der Waals surface area contributed by atoms with E-state index in [1.165, 1.54) is 25.7 Å². The molecule has 0 aliphatic carbocycles. The van der Waals surface area contributed by atoms with E-state index < -0.39 is 0 Å². The number of nitrogens with zero attached hydrogens (tertiary/aromatic N) is 4. The summed E-state index contributed by atoms with van der Waals surface area (Å²) in [7, 11) is 4.30. The first-order valence-corrected chi connectivity index (χ1v) is 7.97. The molecule has 1 aromatic rings. The van der Waals surface area contributed by atoms with Crippen LogP contribution in [-0.4, -0.2) is 51.4 Å². The van der Waals surface area contributed by atoms with Gasteiger partial charge in [-0.05, 0) is 45.2 Å². The Morgan fingerprint density at radius 2 is 2.00 bits per heavy atom. The standard InChI is InChI=1S/C15H27N5/c1-4-16-14(9-15-17-10-18-20(15)3)11-7-12-5-6-13(8-11)19(12)2/h10-14,16H,4-9H2,1-3H3. The van der Waals surface area contributed by atoms with Crippen LogP contribution in [0, 0.1) is 5.92 Å². The molecular formula is C15H27N5. The summed E-state index contributed by atoms with van der Waals surface area (Å²) in [5.41, 5.74) is 0. The molecule has 3 heterocycles. The molecule has 0 amide bonds. The fourth-order valence-electron chi connectivity index (χ4n) is 4.15. The van der Waals surface area contributed by atoms with Gasteiger partial charge in [0.05, 0.1) is 0 Å². The summed E-state index contributed by atoms with van der Waals surface area (Å²) in [6.07, 6.45) is 8.11. The van der Waals surface area contributed by atoms with E-state index in [0.717, 1.165) is 36.8 Å². The average molecular weight is 277 g/mol. The van der Waals surface area contributed by atoms with E-state index in [0.29, 0.717) is 6.04 Å². The van der Waals surface area contributed by atoms with Crippen molar-refractivity contribution < 1.29 is 0 Å². The van der Waals surface area contributed by atoms with Gasteiger partial charge in [0.25, 0.3) is 0 Å². The second-order valence-electron chi connectivity index (χ2n) is 6.45. The smallest absolute Gasteiger partial charge is 0.138 e. The molecule has 3 unspecified atom stereocenters. The van der Waals surface area contributed by atoms with Gasteiger partial charge in [0.2, 0.25) is 0 Å². The third kappa shape index (κ3) is 2.61. The van der Waals surface area contributed by atoms with Crippen LogP contribution in [0.25, 0.3) is 0 Å². The van der Waals surface area contributed by atoms with Crippen LogP contribution in [0.1, 0.15) is 38.4 Å². The first-order chi connectivity index (χ1) is 9.69. The third-order valence-corrected chi connectivity index (χ3v) is 5.38. The maximum absolute atomic E-state index is 4.40. The van der Waals surface area contributed by atoms with Crippen molar-refractivity contribution in [2.45, 2.75) is 57.2 Å². The lowest BCUT2D eigenvalue weighted by Gasteiger charge is -2.40. The van der Waals surface area contributed by atoms with Gasteiger partial charge in [-0.25, -0.2) is 4.98 Å². The molecule has 2 aliphatic heterocycles. The molecule has 5 nitrogen and oxygen atoms in total. The van der Waals surface area contributed by atoms with Gasteiger partial charge in [-0.3, -0.25) is 4.68 Å². The highest BCUT2D eigenvalue weighted by Gasteiger charge is 2.40. The summed E-state index contributed by atoms with van der Waals surface area (Å²) in [5, 5.41) is 7.90. The minimum atomic E-state index is 0.541. The monoisotopic (exact) mass is 277 g/mol. The van der Waals surface area contributed by atoms with Gasteiger partial charge in [0.1, 0.15) is 12.2 Å². The summed E-state index contributed by atoms with van der Waals surface area (Å²) < 4.78 is 1.91. The topological polar surface area (TPSA) is 46.0 Å². The summed E-state index contributed by atoms with van der Waals surface area (Å²) in [4.78, 5) is 7.02. The molecule has 112 valence electrons. The van der Waals surface area contributed by atoms with E-state index in [2.05, 4.69) is 34.3 Å². The zero-order chi connectivity index (χ0) is 14.1. The molecule has 2 bridgehead atoms. The molecule has 20 heavy (non-hydrogen) atoms. The van der Waals surface area contributed by atoms with E-state index in [1.54, 1.807) is 6.33 Å². The van der Waals surface area contributed by atoms with Crippen LogP contribution in [-0.2, 0) is 13.5 Å². The molecule has 3 rings (SSSR count). The van der Waals surface area contributed by atoms with Crippen LogP contribution in [0.2, 0.25) is 0 Å². The molecule has 2 fully saturated rings. The van der Waals surface area contributed by atoms with Gasteiger partial charge in [-0.2, -0.15) is 5.10 Å². The molecule has 2 saturated heterocycles. The molecule has 1 aromatic heterocycles. The summed E-state index contributed by atoms with van der Waals surface area (Å²) in [6.45, 7) is 3.23. The van der Waals surface area contributed by atoms with Crippen molar-refractivity contribution in [2.24, 2.45) is 13.0 Å².